The van der Waals surface area contributed by atoms with Crippen LogP contribution in [0.5, 0.6) is 5.75 Å². The number of anilines is 1. The number of hydrogen-bond donors (Lipinski definition) is 1. The summed E-state index contributed by atoms with van der Waals surface area (Å²) >= 11 is 12.3. The Labute approximate surface area is 195 Å². The van der Waals surface area contributed by atoms with Crippen LogP contribution in [0.2, 0.25) is 10.0 Å². The van der Waals surface area contributed by atoms with Gasteiger partial charge >= 0.3 is 0 Å². The van der Waals surface area contributed by atoms with Crippen LogP contribution in [0.3, 0.4) is 0 Å². The van der Waals surface area contributed by atoms with Gasteiger partial charge in [-0.3, -0.25) is 9.48 Å². The van der Waals surface area contributed by atoms with E-state index in [0.29, 0.717) is 28.0 Å². The molecule has 0 fully saturated rings. The Morgan fingerprint density at radius 2 is 1.84 bits per heavy atom. The lowest BCUT2D eigenvalue weighted by molar-refractivity contribution is 0.102. The standard InChI is InChI=1S/C23H21Cl2N5O2/c1-15-22(16(2)30(27-15)13-17-8-9-18(24)12-20(17)25)26-23(31)21-10-11-29(28-21)14-32-19-6-4-3-5-7-19/h3-12H,13-14H2,1-2H3,(H,26,31). The number of nitrogens with zero attached hydrogens (tertiary/aromatic N) is 4. The maximum absolute atomic E-state index is 12.8. The van der Waals surface area contributed by atoms with Crippen molar-refractivity contribution in [3.8, 4) is 5.75 Å². The summed E-state index contributed by atoms with van der Waals surface area (Å²) in [5, 5.41) is 12.9. The highest BCUT2D eigenvalue weighted by Gasteiger charge is 2.17. The monoisotopic (exact) mass is 469 g/mol. The molecule has 0 aliphatic heterocycles. The van der Waals surface area contributed by atoms with Crippen molar-refractivity contribution in [3.05, 3.63) is 93.5 Å². The van der Waals surface area contributed by atoms with Crippen molar-refractivity contribution < 1.29 is 9.53 Å². The van der Waals surface area contributed by atoms with E-state index in [-0.39, 0.29) is 18.3 Å². The van der Waals surface area contributed by atoms with Crippen LogP contribution < -0.4 is 10.1 Å². The van der Waals surface area contributed by atoms with Crippen LogP contribution in [0.1, 0.15) is 27.4 Å². The number of aromatic nitrogens is 4. The first kappa shape index (κ1) is 21.9. The Hall–Kier alpha value is -3.29. The number of benzene rings is 2. The summed E-state index contributed by atoms with van der Waals surface area (Å²) < 4.78 is 9.02. The second kappa shape index (κ2) is 9.46. The van der Waals surface area contributed by atoms with Crippen molar-refractivity contribution in [2.45, 2.75) is 27.1 Å². The Bertz CT molecular complexity index is 1250. The molecule has 4 aromatic rings. The Morgan fingerprint density at radius 1 is 1.06 bits per heavy atom. The van der Waals surface area contributed by atoms with Crippen LogP contribution >= 0.6 is 23.2 Å². The molecule has 0 saturated carbocycles. The topological polar surface area (TPSA) is 74.0 Å². The second-order valence-electron chi connectivity index (χ2n) is 7.22. The molecule has 0 radical (unpaired) electrons. The molecule has 9 heteroatoms. The molecule has 32 heavy (non-hydrogen) atoms. The summed E-state index contributed by atoms with van der Waals surface area (Å²) in [7, 11) is 0. The maximum atomic E-state index is 12.8. The molecule has 0 atom stereocenters. The number of amides is 1. The van der Waals surface area contributed by atoms with Crippen LogP contribution in [0.25, 0.3) is 0 Å². The number of halogens is 2. The first-order valence-corrected chi connectivity index (χ1v) is 10.7. The quantitative estimate of drug-likeness (QED) is 0.396. The van der Waals surface area contributed by atoms with Crippen molar-refractivity contribution in [2.75, 3.05) is 5.32 Å². The molecule has 7 nitrogen and oxygen atoms in total. The van der Waals surface area contributed by atoms with Gasteiger partial charge in [0.25, 0.3) is 5.91 Å². The Balaban J connectivity index is 1.44. The van der Waals surface area contributed by atoms with Gasteiger partial charge < -0.3 is 10.1 Å². The van der Waals surface area contributed by atoms with Gasteiger partial charge in [-0.25, -0.2) is 4.68 Å². The smallest absolute Gasteiger partial charge is 0.276 e. The van der Waals surface area contributed by atoms with E-state index >= 15 is 0 Å². The number of carbonyl (C=O) groups excluding carboxylic acids is 1. The zero-order chi connectivity index (χ0) is 22.7. The number of aryl methyl sites for hydroxylation is 1. The Morgan fingerprint density at radius 3 is 2.59 bits per heavy atom. The third kappa shape index (κ3) is 4.95. The highest BCUT2D eigenvalue weighted by atomic mass is 35.5. The van der Waals surface area contributed by atoms with E-state index in [9.17, 15) is 4.79 Å². The summed E-state index contributed by atoms with van der Waals surface area (Å²) in [6.45, 7) is 4.40. The highest BCUT2D eigenvalue weighted by Crippen LogP contribution is 2.25. The van der Waals surface area contributed by atoms with E-state index in [1.807, 2.05) is 50.2 Å². The molecule has 0 spiro atoms. The number of hydrogen-bond acceptors (Lipinski definition) is 4. The first-order valence-electron chi connectivity index (χ1n) is 9.91. The third-order valence-electron chi connectivity index (χ3n) is 4.94. The lowest BCUT2D eigenvalue weighted by atomic mass is 10.2. The van der Waals surface area contributed by atoms with Crippen molar-refractivity contribution in [1.82, 2.24) is 19.6 Å². The van der Waals surface area contributed by atoms with E-state index in [1.54, 1.807) is 33.8 Å². The molecule has 164 valence electrons. The van der Waals surface area contributed by atoms with E-state index in [4.69, 9.17) is 27.9 Å². The molecular formula is C23H21Cl2N5O2. The molecule has 0 aliphatic carbocycles. The molecule has 0 saturated heterocycles. The van der Waals surface area contributed by atoms with Gasteiger partial charge in [-0.05, 0) is 49.7 Å². The van der Waals surface area contributed by atoms with Crippen LogP contribution in [0, 0.1) is 13.8 Å². The lowest BCUT2D eigenvalue weighted by Crippen LogP contribution is -2.15. The first-order chi connectivity index (χ1) is 15.4. The van der Waals surface area contributed by atoms with Crippen LogP contribution in [-0.4, -0.2) is 25.5 Å². The number of rotatable bonds is 7. The van der Waals surface area contributed by atoms with Crippen LogP contribution in [0.15, 0.2) is 60.8 Å². The lowest BCUT2D eigenvalue weighted by Gasteiger charge is -2.08. The molecule has 2 aromatic carbocycles. The van der Waals surface area contributed by atoms with Gasteiger partial charge in [0.05, 0.1) is 23.6 Å². The van der Waals surface area contributed by atoms with Crippen LogP contribution in [0.4, 0.5) is 5.69 Å². The van der Waals surface area contributed by atoms with Gasteiger partial charge in [-0.15, -0.1) is 0 Å². The minimum atomic E-state index is -0.321. The van der Waals surface area contributed by atoms with Gasteiger partial charge in [-0.1, -0.05) is 47.5 Å². The SMILES string of the molecule is Cc1nn(Cc2ccc(Cl)cc2Cl)c(C)c1NC(=O)c1ccn(COc2ccccc2)n1. The van der Waals surface area contributed by atoms with E-state index in [1.165, 1.54) is 0 Å². The molecule has 4 rings (SSSR count). The molecule has 2 heterocycles. The van der Waals surface area contributed by atoms with Crippen molar-refractivity contribution in [3.63, 3.8) is 0 Å². The zero-order valence-corrected chi connectivity index (χ0v) is 19.1. The average molecular weight is 470 g/mol. The van der Waals surface area contributed by atoms with Crippen molar-refractivity contribution in [2.24, 2.45) is 0 Å². The fraction of sp³-hybridized carbons (Fsp3) is 0.174. The predicted molar refractivity (Wildman–Crippen MR) is 125 cm³/mol. The maximum Gasteiger partial charge on any atom is 0.276 e. The summed E-state index contributed by atoms with van der Waals surface area (Å²) in [5.41, 5.74) is 3.34. The average Bonchev–Trinajstić information content (AvgIpc) is 3.35. The summed E-state index contributed by atoms with van der Waals surface area (Å²) in [6, 6.07) is 16.4. The van der Waals surface area contributed by atoms with E-state index in [2.05, 4.69) is 15.5 Å². The van der Waals surface area contributed by atoms with Gasteiger partial charge in [0, 0.05) is 16.2 Å². The summed E-state index contributed by atoms with van der Waals surface area (Å²) in [5.74, 6) is 0.409. The molecule has 0 unspecified atom stereocenters. The summed E-state index contributed by atoms with van der Waals surface area (Å²) in [6.07, 6.45) is 1.70. The zero-order valence-electron chi connectivity index (χ0n) is 17.5. The largest absolute Gasteiger partial charge is 0.471 e. The molecule has 1 N–H and O–H groups in total. The van der Waals surface area contributed by atoms with Gasteiger partial charge in [0.15, 0.2) is 12.4 Å². The molecular weight excluding hydrogens is 449 g/mol. The van der Waals surface area contributed by atoms with E-state index in [0.717, 1.165) is 17.0 Å². The van der Waals surface area contributed by atoms with Crippen molar-refractivity contribution >= 4 is 34.8 Å². The molecule has 0 aliphatic rings. The predicted octanol–water partition coefficient (Wildman–Crippen LogP) is 5.34. The van der Waals surface area contributed by atoms with Crippen LogP contribution in [-0.2, 0) is 13.3 Å². The Kier molecular flexibility index (Phi) is 6.48. The minimum absolute atomic E-state index is 0.204. The number of para-hydroxylation sites is 1. The fourth-order valence-electron chi connectivity index (χ4n) is 3.23. The number of carbonyl (C=O) groups is 1. The minimum Gasteiger partial charge on any atom is -0.471 e. The summed E-state index contributed by atoms with van der Waals surface area (Å²) in [4.78, 5) is 12.8. The molecule has 2 aromatic heterocycles. The third-order valence-corrected chi connectivity index (χ3v) is 5.52. The van der Waals surface area contributed by atoms with Crippen molar-refractivity contribution in [1.29, 1.82) is 0 Å². The second-order valence-corrected chi connectivity index (χ2v) is 8.06. The number of nitrogens with one attached hydrogen (secondary N) is 1. The fourth-order valence-corrected chi connectivity index (χ4v) is 3.70. The molecule has 1 amide bonds. The number of ether oxygens (including phenoxy) is 1. The van der Waals surface area contributed by atoms with E-state index < -0.39 is 0 Å². The van der Waals surface area contributed by atoms with Gasteiger partial charge in [-0.2, -0.15) is 10.2 Å². The highest BCUT2D eigenvalue weighted by molar-refractivity contribution is 6.35. The molecule has 0 bridgehead atoms. The normalized spacial score (nSPS) is 10.9. The van der Waals surface area contributed by atoms with Gasteiger partial charge in [0.2, 0.25) is 0 Å². The van der Waals surface area contributed by atoms with Gasteiger partial charge in [0.1, 0.15) is 5.75 Å².